The standard InChI is InChI=1S/C12H22INO/c1-11(2)9(12(11,3)4)10(15)14-8-6-5-7-13/h9H,5-8H2,1-4H3,(H,14,15). The van der Waals surface area contributed by atoms with Crippen LogP contribution in [0.5, 0.6) is 0 Å². The molecule has 1 amide bonds. The van der Waals surface area contributed by atoms with Gasteiger partial charge in [0.15, 0.2) is 0 Å². The first-order valence-corrected chi connectivity index (χ1v) is 7.22. The molecular formula is C12H22INO. The number of hydrogen-bond donors (Lipinski definition) is 1. The summed E-state index contributed by atoms with van der Waals surface area (Å²) in [5.74, 6) is 0.447. The van der Waals surface area contributed by atoms with Gasteiger partial charge in [0, 0.05) is 12.5 Å². The molecule has 3 heteroatoms. The zero-order valence-electron chi connectivity index (χ0n) is 10.2. The van der Waals surface area contributed by atoms with Gasteiger partial charge in [-0.1, -0.05) is 50.3 Å². The molecule has 0 aromatic carbocycles. The molecule has 1 aliphatic rings. The predicted molar refractivity (Wildman–Crippen MR) is 72.2 cm³/mol. The molecule has 0 heterocycles. The Kier molecular flexibility index (Phi) is 4.07. The highest BCUT2D eigenvalue weighted by Crippen LogP contribution is 2.68. The minimum absolute atomic E-state index is 0.167. The lowest BCUT2D eigenvalue weighted by molar-refractivity contribution is -0.123. The van der Waals surface area contributed by atoms with Gasteiger partial charge in [-0.05, 0) is 28.1 Å². The topological polar surface area (TPSA) is 29.1 Å². The molecule has 0 bridgehead atoms. The number of carbonyl (C=O) groups excluding carboxylic acids is 1. The third-order valence-corrected chi connectivity index (χ3v) is 4.91. The van der Waals surface area contributed by atoms with Crippen molar-refractivity contribution in [3.8, 4) is 0 Å². The van der Waals surface area contributed by atoms with Crippen molar-refractivity contribution in [3.05, 3.63) is 0 Å². The lowest BCUT2D eigenvalue weighted by atomic mass is 10.0. The summed E-state index contributed by atoms with van der Waals surface area (Å²) in [7, 11) is 0. The van der Waals surface area contributed by atoms with Crippen LogP contribution in [0.1, 0.15) is 40.5 Å². The molecule has 0 saturated heterocycles. The van der Waals surface area contributed by atoms with E-state index in [1.165, 1.54) is 10.8 Å². The van der Waals surface area contributed by atoms with Gasteiger partial charge in [-0.2, -0.15) is 0 Å². The summed E-state index contributed by atoms with van der Waals surface area (Å²) in [5, 5.41) is 3.05. The van der Waals surface area contributed by atoms with Gasteiger partial charge in [0.25, 0.3) is 0 Å². The summed E-state index contributed by atoms with van der Waals surface area (Å²) in [6.45, 7) is 9.57. The summed E-state index contributed by atoms with van der Waals surface area (Å²) in [6.07, 6.45) is 2.29. The highest BCUT2D eigenvalue weighted by atomic mass is 127. The minimum atomic E-state index is 0.167. The van der Waals surface area contributed by atoms with E-state index in [9.17, 15) is 4.79 Å². The van der Waals surface area contributed by atoms with Crippen LogP contribution in [-0.2, 0) is 4.79 Å². The van der Waals surface area contributed by atoms with Gasteiger partial charge in [0.05, 0.1) is 0 Å². The molecule has 88 valence electrons. The zero-order chi connectivity index (χ0) is 11.7. The van der Waals surface area contributed by atoms with Gasteiger partial charge >= 0.3 is 0 Å². The summed E-state index contributed by atoms with van der Waals surface area (Å²) < 4.78 is 1.17. The number of rotatable bonds is 5. The van der Waals surface area contributed by atoms with E-state index in [1.54, 1.807) is 0 Å². The highest BCUT2D eigenvalue weighted by molar-refractivity contribution is 14.1. The number of hydrogen-bond acceptors (Lipinski definition) is 1. The molecule has 0 unspecified atom stereocenters. The molecule has 1 rings (SSSR count). The average molecular weight is 323 g/mol. The number of carbonyl (C=O) groups is 1. The fourth-order valence-electron chi connectivity index (χ4n) is 2.38. The first-order valence-electron chi connectivity index (χ1n) is 5.69. The van der Waals surface area contributed by atoms with Crippen molar-refractivity contribution in [1.82, 2.24) is 5.32 Å². The van der Waals surface area contributed by atoms with Crippen molar-refractivity contribution in [2.24, 2.45) is 16.7 Å². The molecule has 0 aliphatic heterocycles. The lowest BCUT2D eigenvalue weighted by Gasteiger charge is -2.05. The van der Waals surface area contributed by atoms with E-state index >= 15 is 0 Å². The fourth-order valence-corrected chi connectivity index (χ4v) is 2.92. The molecule has 2 nitrogen and oxygen atoms in total. The second-order valence-corrected chi connectivity index (χ2v) is 6.64. The Hall–Kier alpha value is 0.200. The maximum absolute atomic E-state index is 11.9. The fraction of sp³-hybridized carbons (Fsp3) is 0.917. The Balaban J connectivity index is 2.32. The van der Waals surface area contributed by atoms with Crippen LogP contribution in [-0.4, -0.2) is 16.9 Å². The van der Waals surface area contributed by atoms with Crippen molar-refractivity contribution in [1.29, 1.82) is 0 Å². The number of nitrogens with one attached hydrogen (secondary N) is 1. The largest absolute Gasteiger partial charge is 0.356 e. The van der Waals surface area contributed by atoms with Gasteiger partial charge in [0.2, 0.25) is 5.91 Å². The summed E-state index contributed by atoms with van der Waals surface area (Å²) in [4.78, 5) is 11.9. The first kappa shape index (κ1) is 13.3. The molecule has 0 aromatic rings. The van der Waals surface area contributed by atoms with Gasteiger partial charge < -0.3 is 5.32 Å². The van der Waals surface area contributed by atoms with E-state index < -0.39 is 0 Å². The van der Waals surface area contributed by atoms with Crippen LogP contribution < -0.4 is 5.32 Å². The molecular weight excluding hydrogens is 301 g/mol. The first-order chi connectivity index (χ1) is 6.85. The van der Waals surface area contributed by atoms with Gasteiger partial charge in [-0.25, -0.2) is 0 Å². The second-order valence-electron chi connectivity index (χ2n) is 5.56. The Morgan fingerprint density at radius 3 is 2.13 bits per heavy atom. The maximum Gasteiger partial charge on any atom is 0.224 e. The summed E-state index contributed by atoms with van der Waals surface area (Å²) >= 11 is 2.37. The maximum atomic E-state index is 11.9. The van der Waals surface area contributed by atoms with Crippen molar-refractivity contribution in [3.63, 3.8) is 0 Å². The van der Waals surface area contributed by atoms with Gasteiger partial charge in [0.1, 0.15) is 0 Å². The van der Waals surface area contributed by atoms with Crippen LogP contribution in [0.3, 0.4) is 0 Å². The van der Waals surface area contributed by atoms with Crippen molar-refractivity contribution >= 4 is 28.5 Å². The van der Waals surface area contributed by atoms with E-state index in [4.69, 9.17) is 0 Å². The highest BCUT2D eigenvalue weighted by Gasteiger charge is 2.68. The minimum Gasteiger partial charge on any atom is -0.356 e. The zero-order valence-corrected chi connectivity index (χ0v) is 12.3. The summed E-state index contributed by atoms with van der Waals surface area (Å²) in [6, 6.07) is 0. The van der Waals surface area contributed by atoms with Crippen LogP contribution >= 0.6 is 22.6 Å². The molecule has 0 radical (unpaired) electrons. The van der Waals surface area contributed by atoms with E-state index in [2.05, 4.69) is 55.6 Å². The van der Waals surface area contributed by atoms with Gasteiger partial charge in [-0.15, -0.1) is 0 Å². The molecule has 0 aromatic heterocycles. The molecule has 0 atom stereocenters. The number of alkyl halides is 1. The third kappa shape index (κ3) is 2.48. The van der Waals surface area contributed by atoms with Crippen LogP contribution in [0, 0.1) is 16.7 Å². The Morgan fingerprint density at radius 2 is 1.73 bits per heavy atom. The van der Waals surface area contributed by atoms with Crippen LogP contribution in [0.25, 0.3) is 0 Å². The van der Waals surface area contributed by atoms with Gasteiger partial charge in [-0.3, -0.25) is 4.79 Å². The lowest BCUT2D eigenvalue weighted by Crippen LogP contribution is -2.28. The molecule has 1 saturated carbocycles. The van der Waals surface area contributed by atoms with E-state index in [1.807, 2.05) is 0 Å². The Labute approximate surface area is 107 Å². The Bertz CT molecular complexity index is 234. The monoisotopic (exact) mass is 323 g/mol. The molecule has 15 heavy (non-hydrogen) atoms. The van der Waals surface area contributed by atoms with Crippen molar-refractivity contribution in [2.45, 2.75) is 40.5 Å². The second kappa shape index (κ2) is 4.60. The quantitative estimate of drug-likeness (QED) is 0.470. The number of halogens is 1. The van der Waals surface area contributed by atoms with Crippen molar-refractivity contribution < 1.29 is 4.79 Å². The molecule has 1 N–H and O–H groups in total. The molecule has 0 spiro atoms. The van der Waals surface area contributed by atoms with E-state index in [-0.39, 0.29) is 22.7 Å². The van der Waals surface area contributed by atoms with Crippen LogP contribution in [0.15, 0.2) is 0 Å². The van der Waals surface area contributed by atoms with E-state index in [0.717, 1.165) is 13.0 Å². The third-order valence-electron chi connectivity index (χ3n) is 4.14. The normalized spacial score (nSPS) is 22.5. The SMILES string of the molecule is CC1(C)C(C(=O)NCCCCI)C1(C)C. The van der Waals surface area contributed by atoms with Crippen LogP contribution in [0.4, 0.5) is 0 Å². The smallest absolute Gasteiger partial charge is 0.224 e. The molecule has 1 fully saturated rings. The average Bonchev–Trinajstić information content (AvgIpc) is 2.51. The number of unbranched alkanes of at least 4 members (excludes halogenated alkanes) is 1. The Morgan fingerprint density at radius 1 is 1.20 bits per heavy atom. The molecule has 1 aliphatic carbocycles. The number of amides is 1. The summed E-state index contributed by atoms with van der Waals surface area (Å²) in [5.41, 5.74) is 0.334. The van der Waals surface area contributed by atoms with E-state index in [0.29, 0.717) is 0 Å². The van der Waals surface area contributed by atoms with Crippen LogP contribution in [0.2, 0.25) is 0 Å². The van der Waals surface area contributed by atoms with Crippen molar-refractivity contribution in [2.75, 3.05) is 11.0 Å². The predicted octanol–water partition coefficient (Wildman–Crippen LogP) is 3.00.